The third-order valence-corrected chi connectivity index (χ3v) is 7.66. The van der Waals surface area contributed by atoms with Crippen molar-refractivity contribution in [3.63, 3.8) is 0 Å². The number of nitrogens with one attached hydrogen (secondary N) is 1. The van der Waals surface area contributed by atoms with Crippen molar-refractivity contribution in [3.8, 4) is 0 Å². The van der Waals surface area contributed by atoms with Crippen LogP contribution in [-0.2, 0) is 4.74 Å². The zero-order valence-electron chi connectivity index (χ0n) is 23.1. The van der Waals surface area contributed by atoms with Crippen LogP contribution >= 0.6 is 11.6 Å². The number of likely N-dealkylation sites (tertiary alicyclic amines) is 1. The molecule has 0 unspecified atom stereocenters. The maximum Gasteiger partial charge on any atom is 0.410 e. The number of carbonyl (C=O) groups excluding carboxylic acids is 2. The first-order valence-corrected chi connectivity index (χ1v) is 14.3. The number of hydrogen-bond acceptors (Lipinski definition) is 6. The van der Waals surface area contributed by atoms with Gasteiger partial charge in [-0.05, 0) is 82.6 Å². The van der Waals surface area contributed by atoms with E-state index in [0.717, 1.165) is 58.3 Å². The van der Waals surface area contributed by atoms with Gasteiger partial charge in [-0.25, -0.2) is 14.8 Å². The summed E-state index contributed by atoms with van der Waals surface area (Å²) in [5, 5.41) is 3.01. The third-order valence-electron chi connectivity index (χ3n) is 7.45. The largest absolute Gasteiger partial charge is 0.444 e. The van der Waals surface area contributed by atoms with E-state index in [9.17, 15) is 14.0 Å². The highest BCUT2D eigenvalue weighted by atomic mass is 35.5. The molecule has 0 radical (unpaired) electrons. The van der Waals surface area contributed by atoms with Gasteiger partial charge in [0, 0.05) is 26.2 Å². The molecule has 2 aliphatic heterocycles. The van der Waals surface area contributed by atoms with Gasteiger partial charge in [0.25, 0.3) is 5.91 Å². The Balaban J connectivity index is 1.22. The lowest BCUT2D eigenvalue weighted by Crippen LogP contribution is -2.41. The van der Waals surface area contributed by atoms with Crippen molar-refractivity contribution in [2.45, 2.75) is 71.3 Å². The fraction of sp³-hybridized carbons (Fsp3) is 0.586. The number of ether oxygens (including phenoxy) is 1. The van der Waals surface area contributed by atoms with Crippen molar-refractivity contribution < 1.29 is 18.7 Å². The molecule has 0 bridgehead atoms. The Labute approximate surface area is 235 Å². The molecule has 4 heterocycles. The topological polar surface area (TPSA) is 87.7 Å². The lowest BCUT2D eigenvalue weighted by molar-refractivity contribution is 0.0180. The first-order chi connectivity index (χ1) is 18.6. The average molecular weight is 560 g/mol. The number of anilines is 2. The van der Waals surface area contributed by atoms with Gasteiger partial charge in [-0.15, -0.1) is 0 Å². The molecule has 2 amide bonds. The molecule has 2 fully saturated rings. The molecule has 10 heteroatoms. The SMILES string of the molecule is CC(C)(C)OC(=O)N1CCC(CCCC2CCN(c3nc(F)ccc3C(=O)Nc3cccc(Cl)n3)CC2)CC1. The highest BCUT2D eigenvalue weighted by molar-refractivity contribution is 6.29. The first-order valence-electron chi connectivity index (χ1n) is 13.9. The molecule has 1 N–H and O–H groups in total. The second kappa shape index (κ2) is 12.9. The molecule has 2 aromatic rings. The van der Waals surface area contributed by atoms with E-state index in [0.29, 0.717) is 29.0 Å². The summed E-state index contributed by atoms with van der Waals surface area (Å²) in [6.07, 6.45) is 7.30. The van der Waals surface area contributed by atoms with Gasteiger partial charge in [0.1, 0.15) is 22.4 Å². The molecule has 8 nitrogen and oxygen atoms in total. The molecule has 2 aromatic heterocycles. The van der Waals surface area contributed by atoms with E-state index in [1.54, 1.807) is 18.2 Å². The van der Waals surface area contributed by atoms with Gasteiger partial charge in [0.15, 0.2) is 0 Å². The second-order valence-corrected chi connectivity index (χ2v) is 12.0. The summed E-state index contributed by atoms with van der Waals surface area (Å²) in [4.78, 5) is 37.3. The highest BCUT2D eigenvalue weighted by Gasteiger charge is 2.28. The molecule has 4 rings (SSSR count). The standard InChI is InChI=1S/C29H39ClFN5O3/c1-29(2,3)39-28(38)36-18-14-21(15-19-36)7-4-6-20-12-16-35(17-13-20)26-22(10-11-24(31)33-26)27(37)34-25-9-5-8-23(30)32-25/h5,8-11,20-21H,4,6-7,12-19H2,1-3H3,(H,32,34,37). The second-order valence-electron chi connectivity index (χ2n) is 11.6. The van der Waals surface area contributed by atoms with Gasteiger partial charge in [0.05, 0.1) is 5.56 Å². The highest BCUT2D eigenvalue weighted by Crippen LogP contribution is 2.30. The Morgan fingerprint density at radius 1 is 1.00 bits per heavy atom. The Morgan fingerprint density at radius 2 is 1.64 bits per heavy atom. The molecule has 0 aliphatic carbocycles. The summed E-state index contributed by atoms with van der Waals surface area (Å²) in [5.41, 5.74) is -0.147. The summed E-state index contributed by atoms with van der Waals surface area (Å²) in [6.45, 7) is 8.67. The van der Waals surface area contributed by atoms with Crippen LogP contribution in [0.3, 0.4) is 0 Å². The van der Waals surface area contributed by atoms with Crippen molar-refractivity contribution in [2.75, 3.05) is 36.4 Å². The molecule has 2 aliphatic rings. The minimum atomic E-state index is -0.609. The number of rotatable bonds is 7. The predicted molar refractivity (Wildman–Crippen MR) is 151 cm³/mol. The van der Waals surface area contributed by atoms with E-state index in [2.05, 4.69) is 15.3 Å². The van der Waals surface area contributed by atoms with Gasteiger partial charge in [0.2, 0.25) is 5.95 Å². The van der Waals surface area contributed by atoms with Crippen LogP contribution in [0.1, 0.15) is 76.1 Å². The summed E-state index contributed by atoms with van der Waals surface area (Å²) in [5.74, 6) is 0.941. The van der Waals surface area contributed by atoms with E-state index in [1.807, 2.05) is 30.6 Å². The van der Waals surface area contributed by atoms with E-state index in [4.69, 9.17) is 16.3 Å². The van der Waals surface area contributed by atoms with E-state index < -0.39 is 17.5 Å². The molecule has 212 valence electrons. The monoisotopic (exact) mass is 559 g/mol. The van der Waals surface area contributed by atoms with Crippen molar-refractivity contribution in [1.82, 2.24) is 14.9 Å². The van der Waals surface area contributed by atoms with Gasteiger partial charge in [-0.3, -0.25) is 4.79 Å². The maximum absolute atomic E-state index is 14.1. The number of carbonyl (C=O) groups is 2. The van der Waals surface area contributed by atoms with Gasteiger partial charge >= 0.3 is 6.09 Å². The quantitative estimate of drug-likeness (QED) is 0.387. The van der Waals surface area contributed by atoms with Gasteiger partial charge < -0.3 is 19.9 Å². The number of amides is 2. The molecule has 0 atom stereocenters. The van der Waals surface area contributed by atoms with Crippen molar-refractivity contribution in [2.24, 2.45) is 11.8 Å². The third kappa shape index (κ3) is 8.52. The average Bonchev–Trinajstić information content (AvgIpc) is 2.88. The first kappa shape index (κ1) is 29.1. The Bertz CT molecular complexity index is 1140. The fourth-order valence-electron chi connectivity index (χ4n) is 5.36. The molecular weight excluding hydrogens is 521 g/mol. The molecule has 0 aromatic carbocycles. The Hall–Kier alpha value is -2.94. The number of halogens is 2. The molecule has 39 heavy (non-hydrogen) atoms. The zero-order chi connectivity index (χ0) is 28.0. The van der Waals surface area contributed by atoms with Crippen LogP contribution in [0.2, 0.25) is 5.15 Å². The van der Waals surface area contributed by atoms with E-state index in [1.165, 1.54) is 25.0 Å². The minimum Gasteiger partial charge on any atom is -0.444 e. The zero-order valence-corrected chi connectivity index (χ0v) is 23.8. The molecular formula is C29H39ClFN5O3. The minimum absolute atomic E-state index is 0.206. The van der Waals surface area contributed by atoms with Crippen LogP contribution in [0, 0.1) is 17.8 Å². The summed E-state index contributed by atoms with van der Waals surface area (Å²) < 4.78 is 19.6. The number of pyridine rings is 2. The van der Waals surface area contributed by atoms with E-state index >= 15 is 0 Å². The lowest BCUT2D eigenvalue weighted by atomic mass is 9.87. The van der Waals surface area contributed by atoms with Gasteiger partial charge in [-0.2, -0.15) is 4.39 Å². The van der Waals surface area contributed by atoms with Crippen LogP contribution in [0.5, 0.6) is 0 Å². The predicted octanol–water partition coefficient (Wildman–Crippen LogP) is 6.56. The summed E-state index contributed by atoms with van der Waals surface area (Å²) in [7, 11) is 0. The normalized spacial score (nSPS) is 17.3. The molecule has 0 saturated carbocycles. The van der Waals surface area contributed by atoms with Gasteiger partial charge in [-0.1, -0.05) is 36.9 Å². The molecule has 2 saturated heterocycles. The lowest BCUT2D eigenvalue weighted by Gasteiger charge is -2.35. The van der Waals surface area contributed by atoms with Crippen molar-refractivity contribution in [3.05, 3.63) is 47.0 Å². The summed E-state index contributed by atoms with van der Waals surface area (Å²) in [6, 6.07) is 7.65. The number of piperidine rings is 2. The van der Waals surface area contributed by atoms with Crippen LogP contribution in [0.25, 0.3) is 0 Å². The van der Waals surface area contributed by atoms with Crippen molar-refractivity contribution >= 4 is 35.2 Å². The summed E-state index contributed by atoms with van der Waals surface area (Å²) >= 11 is 5.93. The van der Waals surface area contributed by atoms with Crippen LogP contribution in [-0.4, -0.2) is 58.6 Å². The van der Waals surface area contributed by atoms with E-state index in [-0.39, 0.29) is 11.2 Å². The fourth-order valence-corrected chi connectivity index (χ4v) is 5.53. The number of aromatic nitrogens is 2. The number of nitrogens with zero attached hydrogens (tertiary/aromatic N) is 4. The molecule has 0 spiro atoms. The maximum atomic E-state index is 14.1. The Morgan fingerprint density at radius 3 is 2.26 bits per heavy atom. The van der Waals surface area contributed by atoms with Crippen LogP contribution in [0.4, 0.5) is 20.8 Å². The smallest absolute Gasteiger partial charge is 0.410 e. The van der Waals surface area contributed by atoms with Crippen LogP contribution < -0.4 is 10.2 Å². The number of hydrogen-bond donors (Lipinski definition) is 1. The van der Waals surface area contributed by atoms with Crippen molar-refractivity contribution in [1.29, 1.82) is 0 Å². The Kier molecular flexibility index (Phi) is 9.64. The van der Waals surface area contributed by atoms with Crippen LogP contribution in [0.15, 0.2) is 30.3 Å².